The van der Waals surface area contributed by atoms with Gasteiger partial charge in [-0.05, 0) is 13.0 Å². The molecule has 1 aliphatic rings. The summed E-state index contributed by atoms with van der Waals surface area (Å²) in [6.45, 7) is 2.35. The molecule has 3 rings (SSSR count). The van der Waals surface area contributed by atoms with Crippen molar-refractivity contribution in [2.45, 2.75) is 19.4 Å². The summed E-state index contributed by atoms with van der Waals surface area (Å²) in [4.78, 5) is 16.1. The van der Waals surface area contributed by atoms with Crippen molar-refractivity contribution >= 4 is 5.91 Å². The Kier molecular flexibility index (Phi) is 2.91. The molecule has 0 fully saturated rings. The molecule has 0 saturated heterocycles. The molecule has 1 atom stereocenters. The smallest absolute Gasteiger partial charge is 0.291 e. The van der Waals surface area contributed by atoms with Crippen LogP contribution in [-0.4, -0.2) is 27.7 Å². The number of nitrogens with one attached hydrogen (secondary N) is 2. The third-order valence-electron chi connectivity index (χ3n) is 3.06. The highest BCUT2D eigenvalue weighted by atomic mass is 16.5. The van der Waals surface area contributed by atoms with Gasteiger partial charge in [-0.15, -0.1) is 5.10 Å². The van der Waals surface area contributed by atoms with Crippen molar-refractivity contribution in [1.29, 1.82) is 0 Å². The predicted molar refractivity (Wildman–Crippen MR) is 67.9 cm³/mol. The van der Waals surface area contributed by atoms with Crippen LogP contribution in [0.1, 0.15) is 34.5 Å². The molecule has 6 heteroatoms. The number of hydrogen-bond acceptors (Lipinski definition) is 4. The third-order valence-corrected chi connectivity index (χ3v) is 3.06. The number of amides is 1. The van der Waals surface area contributed by atoms with Gasteiger partial charge in [0.25, 0.3) is 5.91 Å². The Hall–Kier alpha value is -2.37. The number of aryl methyl sites for hydroxylation is 1. The van der Waals surface area contributed by atoms with E-state index in [4.69, 9.17) is 4.74 Å². The molecule has 1 amide bonds. The topological polar surface area (TPSA) is 79.9 Å². The van der Waals surface area contributed by atoms with Crippen LogP contribution < -0.4 is 10.1 Å². The highest BCUT2D eigenvalue weighted by Gasteiger charge is 2.24. The van der Waals surface area contributed by atoms with Crippen LogP contribution in [0.3, 0.4) is 0 Å². The summed E-state index contributed by atoms with van der Waals surface area (Å²) in [7, 11) is 0. The second-order valence-corrected chi connectivity index (χ2v) is 4.45. The van der Waals surface area contributed by atoms with Gasteiger partial charge < -0.3 is 10.1 Å². The second kappa shape index (κ2) is 4.72. The molecule has 0 saturated carbocycles. The van der Waals surface area contributed by atoms with E-state index in [1.165, 1.54) is 0 Å². The minimum absolute atomic E-state index is 0.0590. The number of aromatic nitrogens is 3. The van der Waals surface area contributed by atoms with E-state index in [0.29, 0.717) is 12.4 Å². The molecule has 0 radical (unpaired) electrons. The molecule has 1 aromatic carbocycles. The lowest BCUT2D eigenvalue weighted by Crippen LogP contribution is -2.32. The summed E-state index contributed by atoms with van der Waals surface area (Å²) in [5, 5.41) is 9.46. The van der Waals surface area contributed by atoms with E-state index in [0.717, 1.165) is 17.7 Å². The SMILES string of the molecule is Cc1nc(C(=O)NC2CCOc3ccccc32)n[nH]1. The van der Waals surface area contributed by atoms with Gasteiger partial charge in [0.2, 0.25) is 5.82 Å². The number of carbonyl (C=O) groups excluding carboxylic acids is 1. The first kappa shape index (κ1) is 11.7. The molecule has 98 valence electrons. The molecular weight excluding hydrogens is 244 g/mol. The summed E-state index contributed by atoms with van der Waals surface area (Å²) in [5.41, 5.74) is 0.995. The number of aromatic amines is 1. The lowest BCUT2D eigenvalue weighted by Gasteiger charge is -2.26. The second-order valence-electron chi connectivity index (χ2n) is 4.45. The fraction of sp³-hybridized carbons (Fsp3) is 0.308. The number of H-pyrrole nitrogens is 1. The zero-order chi connectivity index (χ0) is 13.2. The first-order valence-corrected chi connectivity index (χ1v) is 6.15. The van der Waals surface area contributed by atoms with Gasteiger partial charge in [0.15, 0.2) is 0 Å². The van der Waals surface area contributed by atoms with E-state index in [2.05, 4.69) is 20.5 Å². The molecule has 1 aromatic heterocycles. The zero-order valence-electron chi connectivity index (χ0n) is 10.5. The Balaban J connectivity index is 1.79. The van der Waals surface area contributed by atoms with E-state index in [9.17, 15) is 4.79 Å². The van der Waals surface area contributed by atoms with Gasteiger partial charge in [0.1, 0.15) is 11.6 Å². The first-order chi connectivity index (χ1) is 9.24. The first-order valence-electron chi connectivity index (χ1n) is 6.15. The highest BCUT2D eigenvalue weighted by molar-refractivity contribution is 5.90. The molecule has 2 aromatic rings. The molecule has 6 nitrogen and oxygen atoms in total. The summed E-state index contributed by atoms with van der Waals surface area (Å²) < 4.78 is 5.56. The molecule has 19 heavy (non-hydrogen) atoms. The molecular formula is C13H14N4O2. The van der Waals surface area contributed by atoms with Gasteiger partial charge in [0.05, 0.1) is 12.6 Å². The normalized spacial score (nSPS) is 17.4. The van der Waals surface area contributed by atoms with Gasteiger partial charge in [0, 0.05) is 12.0 Å². The molecule has 1 unspecified atom stereocenters. The lowest BCUT2D eigenvalue weighted by atomic mass is 10.0. The lowest BCUT2D eigenvalue weighted by molar-refractivity contribution is 0.0914. The summed E-state index contributed by atoms with van der Waals surface area (Å²) in [6, 6.07) is 7.66. The van der Waals surface area contributed by atoms with Crippen molar-refractivity contribution in [2.24, 2.45) is 0 Å². The maximum atomic E-state index is 12.0. The standard InChI is InChI=1S/C13H14N4O2/c1-8-14-12(17-16-8)13(18)15-10-6-7-19-11-5-3-2-4-9(10)11/h2-5,10H,6-7H2,1H3,(H,15,18)(H,14,16,17). The molecule has 0 aliphatic carbocycles. The number of nitrogens with zero attached hydrogens (tertiary/aromatic N) is 2. The Labute approximate surface area is 110 Å². The fourth-order valence-electron chi connectivity index (χ4n) is 2.16. The Morgan fingerprint density at radius 2 is 2.32 bits per heavy atom. The minimum atomic E-state index is -0.272. The van der Waals surface area contributed by atoms with Gasteiger partial charge in [-0.25, -0.2) is 4.98 Å². The third kappa shape index (κ3) is 2.29. The Bertz CT molecular complexity index is 608. The van der Waals surface area contributed by atoms with Gasteiger partial charge in [-0.1, -0.05) is 18.2 Å². The molecule has 2 N–H and O–H groups in total. The van der Waals surface area contributed by atoms with Crippen LogP contribution in [0, 0.1) is 6.92 Å². The van der Waals surface area contributed by atoms with E-state index >= 15 is 0 Å². The number of fused-ring (bicyclic) bond motifs is 1. The zero-order valence-corrected chi connectivity index (χ0v) is 10.5. The van der Waals surface area contributed by atoms with Crippen molar-refractivity contribution in [3.63, 3.8) is 0 Å². The maximum absolute atomic E-state index is 12.0. The van der Waals surface area contributed by atoms with Crippen molar-refractivity contribution in [3.8, 4) is 5.75 Å². The summed E-state index contributed by atoms with van der Waals surface area (Å²) >= 11 is 0. The van der Waals surface area contributed by atoms with Crippen LogP contribution in [0.15, 0.2) is 24.3 Å². The largest absolute Gasteiger partial charge is 0.493 e. The molecule has 1 aliphatic heterocycles. The van der Waals surface area contributed by atoms with E-state index in [1.54, 1.807) is 6.92 Å². The van der Waals surface area contributed by atoms with E-state index < -0.39 is 0 Å². The van der Waals surface area contributed by atoms with Gasteiger partial charge in [-0.3, -0.25) is 9.89 Å². The fourth-order valence-corrected chi connectivity index (χ4v) is 2.16. The average Bonchev–Trinajstić information content (AvgIpc) is 2.86. The van der Waals surface area contributed by atoms with Crippen molar-refractivity contribution in [2.75, 3.05) is 6.61 Å². The number of para-hydroxylation sites is 1. The van der Waals surface area contributed by atoms with Crippen molar-refractivity contribution in [3.05, 3.63) is 41.5 Å². The molecule has 2 heterocycles. The van der Waals surface area contributed by atoms with E-state index in [-0.39, 0.29) is 17.8 Å². The highest BCUT2D eigenvalue weighted by Crippen LogP contribution is 2.31. The number of ether oxygens (including phenoxy) is 1. The number of carbonyl (C=O) groups is 1. The predicted octanol–water partition coefficient (Wildman–Crippen LogP) is 1.37. The van der Waals surface area contributed by atoms with Crippen LogP contribution in [0.25, 0.3) is 0 Å². The van der Waals surface area contributed by atoms with Crippen molar-refractivity contribution < 1.29 is 9.53 Å². The Morgan fingerprint density at radius 1 is 1.47 bits per heavy atom. The number of hydrogen-bond donors (Lipinski definition) is 2. The van der Waals surface area contributed by atoms with Crippen LogP contribution in [0.5, 0.6) is 5.75 Å². The van der Waals surface area contributed by atoms with Crippen molar-refractivity contribution in [1.82, 2.24) is 20.5 Å². The van der Waals surface area contributed by atoms with Crippen LogP contribution in [-0.2, 0) is 0 Å². The quantitative estimate of drug-likeness (QED) is 0.852. The van der Waals surface area contributed by atoms with Gasteiger partial charge in [-0.2, -0.15) is 0 Å². The average molecular weight is 258 g/mol. The summed E-state index contributed by atoms with van der Waals surface area (Å²) in [6.07, 6.45) is 0.742. The Morgan fingerprint density at radius 3 is 3.11 bits per heavy atom. The minimum Gasteiger partial charge on any atom is -0.493 e. The van der Waals surface area contributed by atoms with Crippen LogP contribution in [0.4, 0.5) is 0 Å². The molecule has 0 bridgehead atoms. The number of benzene rings is 1. The van der Waals surface area contributed by atoms with E-state index in [1.807, 2.05) is 24.3 Å². The van der Waals surface area contributed by atoms with Crippen LogP contribution >= 0.6 is 0 Å². The van der Waals surface area contributed by atoms with Gasteiger partial charge >= 0.3 is 0 Å². The summed E-state index contributed by atoms with van der Waals surface area (Å²) in [5.74, 6) is 1.34. The monoisotopic (exact) mass is 258 g/mol. The van der Waals surface area contributed by atoms with Crippen LogP contribution in [0.2, 0.25) is 0 Å². The maximum Gasteiger partial charge on any atom is 0.291 e. The molecule has 0 spiro atoms. The number of rotatable bonds is 2.